The summed E-state index contributed by atoms with van der Waals surface area (Å²) in [4.78, 5) is 11.4. The molecule has 0 aliphatic carbocycles. The first-order valence-corrected chi connectivity index (χ1v) is 5.11. The summed E-state index contributed by atoms with van der Waals surface area (Å²) < 4.78 is 4.83. The van der Waals surface area contributed by atoms with Crippen LogP contribution in [0.1, 0.15) is 5.56 Å². The van der Waals surface area contributed by atoms with Gasteiger partial charge >= 0.3 is 0 Å². The average molecular weight is 228 g/mol. The number of methoxy groups -OCH3 is 1. The molecule has 0 saturated heterocycles. The minimum absolute atomic E-state index is 0.0415. The highest BCUT2D eigenvalue weighted by molar-refractivity contribution is 6.31. The Balaban J connectivity index is 2.41. The number of amides is 1. The molecular weight excluding hydrogens is 214 g/mol. The molecule has 0 unspecified atom stereocenters. The number of rotatable bonds is 5. The van der Waals surface area contributed by atoms with Crippen LogP contribution in [0.4, 0.5) is 0 Å². The van der Waals surface area contributed by atoms with Crippen LogP contribution in [0.5, 0.6) is 0 Å². The minimum Gasteiger partial charge on any atom is -0.383 e. The third kappa shape index (κ3) is 4.32. The molecule has 82 valence electrons. The van der Waals surface area contributed by atoms with Crippen molar-refractivity contribution in [3.63, 3.8) is 0 Å². The maximum absolute atomic E-state index is 11.4. The predicted octanol–water partition coefficient (Wildman–Crippen LogP) is 1.65. The number of benzene rings is 1. The third-order valence-corrected chi connectivity index (χ3v) is 2.31. The van der Waals surface area contributed by atoms with Gasteiger partial charge in [0.05, 0.1) is 13.0 Å². The molecule has 1 rings (SSSR count). The Labute approximate surface area is 94.4 Å². The van der Waals surface area contributed by atoms with Crippen molar-refractivity contribution in [2.75, 3.05) is 20.3 Å². The maximum atomic E-state index is 11.4. The highest BCUT2D eigenvalue weighted by Gasteiger charge is 2.05. The number of ether oxygens (including phenoxy) is 1. The fourth-order valence-electron chi connectivity index (χ4n) is 1.17. The normalized spacial score (nSPS) is 10.0. The van der Waals surface area contributed by atoms with E-state index in [9.17, 15) is 4.79 Å². The Morgan fingerprint density at radius 2 is 2.20 bits per heavy atom. The van der Waals surface area contributed by atoms with Gasteiger partial charge in [-0.2, -0.15) is 0 Å². The number of halogens is 1. The second kappa shape index (κ2) is 6.43. The molecule has 4 heteroatoms. The Bertz CT molecular complexity index is 328. The fourth-order valence-corrected chi connectivity index (χ4v) is 1.37. The standard InChI is InChI=1S/C11H14ClNO2/c1-15-7-6-13-11(14)8-9-4-2-3-5-10(9)12/h2-5H,6-8H2,1H3,(H,13,14). The summed E-state index contributed by atoms with van der Waals surface area (Å²) in [6.07, 6.45) is 0.309. The van der Waals surface area contributed by atoms with Gasteiger partial charge in [0.15, 0.2) is 0 Å². The van der Waals surface area contributed by atoms with Gasteiger partial charge in [-0.15, -0.1) is 0 Å². The van der Waals surface area contributed by atoms with E-state index in [4.69, 9.17) is 16.3 Å². The van der Waals surface area contributed by atoms with Crippen LogP contribution >= 0.6 is 11.6 Å². The van der Waals surface area contributed by atoms with E-state index < -0.39 is 0 Å². The van der Waals surface area contributed by atoms with Gasteiger partial charge in [-0.1, -0.05) is 29.8 Å². The Kier molecular flexibility index (Phi) is 5.15. The molecule has 0 radical (unpaired) electrons. The highest BCUT2D eigenvalue weighted by Crippen LogP contribution is 2.14. The molecule has 1 N–H and O–H groups in total. The first-order valence-electron chi connectivity index (χ1n) is 4.73. The van der Waals surface area contributed by atoms with Crippen molar-refractivity contribution in [3.05, 3.63) is 34.9 Å². The van der Waals surface area contributed by atoms with Crippen molar-refractivity contribution in [2.45, 2.75) is 6.42 Å². The van der Waals surface area contributed by atoms with E-state index in [0.717, 1.165) is 5.56 Å². The quantitative estimate of drug-likeness (QED) is 0.777. The van der Waals surface area contributed by atoms with Crippen molar-refractivity contribution >= 4 is 17.5 Å². The molecule has 1 aromatic rings. The van der Waals surface area contributed by atoms with Crippen LogP contribution in [0.15, 0.2) is 24.3 Å². The molecule has 0 spiro atoms. The van der Waals surface area contributed by atoms with Crippen molar-refractivity contribution in [2.24, 2.45) is 0 Å². The first kappa shape index (κ1) is 12.0. The third-order valence-electron chi connectivity index (χ3n) is 1.94. The largest absolute Gasteiger partial charge is 0.383 e. The summed E-state index contributed by atoms with van der Waals surface area (Å²) >= 11 is 5.92. The molecule has 1 amide bonds. The van der Waals surface area contributed by atoms with E-state index in [-0.39, 0.29) is 5.91 Å². The van der Waals surface area contributed by atoms with Gasteiger partial charge in [0.1, 0.15) is 0 Å². The van der Waals surface area contributed by atoms with Gasteiger partial charge in [-0.25, -0.2) is 0 Å². The number of nitrogens with one attached hydrogen (secondary N) is 1. The molecule has 0 fully saturated rings. The fraction of sp³-hybridized carbons (Fsp3) is 0.364. The summed E-state index contributed by atoms with van der Waals surface area (Å²) in [5, 5.41) is 3.36. The SMILES string of the molecule is COCCNC(=O)Cc1ccccc1Cl. The lowest BCUT2D eigenvalue weighted by Crippen LogP contribution is -2.28. The Hall–Kier alpha value is -1.06. The van der Waals surface area contributed by atoms with Crippen LogP contribution in [-0.2, 0) is 16.0 Å². The molecule has 0 heterocycles. The topological polar surface area (TPSA) is 38.3 Å². The lowest BCUT2D eigenvalue weighted by molar-refractivity contribution is -0.120. The molecule has 0 aromatic heterocycles. The zero-order valence-electron chi connectivity index (χ0n) is 8.63. The predicted molar refractivity (Wildman–Crippen MR) is 60.0 cm³/mol. The lowest BCUT2D eigenvalue weighted by atomic mass is 10.1. The second-order valence-electron chi connectivity index (χ2n) is 3.11. The zero-order chi connectivity index (χ0) is 11.1. The van der Waals surface area contributed by atoms with Gasteiger partial charge in [-0.05, 0) is 11.6 Å². The molecule has 3 nitrogen and oxygen atoms in total. The second-order valence-corrected chi connectivity index (χ2v) is 3.52. The Morgan fingerprint density at radius 1 is 1.47 bits per heavy atom. The molecule has 0 aliphatic heterocycles. The minimum atomic E-state index is -0.0415. The summed E-state index contributed by atoms with van der Waals surface area (Å²) in [5.41, 5.74) is 0.842. The molecule has 1 aromatic carbocycles. The van der Waals surface area contributed by atoms with Gasteiger partial charge in [0, 0.05) is 18.7 Å². The van der Waals surface area contributed by atoms with Gasteiger partial charge < -0.3 is 10.1 Å². The molecule has 0 bridgehead atoms. The van der Waals surface area contributed by atoms with Crippen molar-refractivity contribution in [3.8, 4) is 0 Å². The summed E-state index contributed by atoms with van der Waals surface area (Å²) in [5.74, 6) is -0.0415. The van der Waals surface area contributed by atoms with Crippen LogP contribution in [0.3, 0.4) is 0 Å². The van der Waals surface area contributed by atoms with E-state index in [1.165, 1.54) is 0 Å². The number of carbonyl (C=O) groups is 1. The first-order chi connectivity index (χ1) is 7.24. The van der Waals surface area contributed by atoms with E-state index >= 15 is 0 Å². The van der Waals surface area contributed by atoms with Crippen molar-refractivity contribution < 1.29 is 9.53 Å². The van der Waals surface area contributed by atoms with E-state index in [0.29, 0.717) is 24.6 Å². The van der Waals surface area contributed by atoms with E-state index in [1.807, 2.05) is 18.2 Å². The summed E-state index contributed by atoms with van der Waals surface area (Å²) in [6.45, 7) is 1.05. The van der Waals surface area contributed by atoms with Gasteiger partial charge in [-0.3, -0.25) is 4.79 Å². The maximum Gasteiger partial charge on any atom is 0.224 e. The van der Waals surface area contributed by atoms with Crippen molar-refractivity contribution in [1.82, 2.24) is 5.32 Å². The molecule has 0 saturated carbocycles. The average Bonchev–Trinajstić information content (AvgIpc) is 2.22. The zero-order valence-corrected chi connectivity index (χ0v) is 9.38. The molecule has 0 aliphatic rings. The van der Waals surface area contributed by atoms with E-state index in [2.05, 4.69) is 5.32 Å². The molecular formula is C11H14ClNO2. The van der Waals surface area contributed by atoms with Crippen LogP contribution in [-0.4, -0.2) is 26.2 Å². The van der Waals surface area contributed by atoms with Gasteiger partial charge in [0.2, 0.25) is 5.91 Å². The van der Waals surface area contributed by atoms with E-state index in [1.54, 1.807) is 13.2 Å². The van der Waals surface area contributed by atoms with Crippen LogP contribution in [0.2, 0.25) is 5.02 Å². The lowest BCUT2D eigenvalue weighted by Gasteiger charge is -2.05. The number of hydrogen-bond acceptors (Lipinski definition) is 2. The van der Waals surface area contributed by atoms with Gasteiger partial charge in [0.25, 0.3) is 0 Å². The monoisotopic (exact) mass is 227 g/mol. The van der Waals surface area contributed by atoms with Crippen molar-refractivity contribution in [1.29, 1.82) is 0 Å². The van der Waals surface area contributed by atoms with Crippen LogP contribution in [0, 0.1) is 0 Å². The Morgan fingerprint density at radius 3 is 2.87 bits per heavy atom. The molecule has 0 atom stereocenters. The number of hydrogen-bond donors (Lipinski definition) is 1. The summed E-state index contributed by atoms with van der Waals surface area (Å²) in [7, 11) is 1.60. The molecule has 15 heavy (non-hydrogen) atoms. The van der Waals surface area contributed by atoms with Crippen LogP contribution < -0.4 is 5.32 Å². The smallest absolute Gasteiger partial charge is 0.224 e. The summed E-state index contributed by atoms with van der Waals surface area (Å²) in [6, 6.07) is 7.33. The highest BCUT2D eigenvalue weighted by atomic mass is 35.5. The number of carbonyl (C=O) groups excluding carboxylic acids is 1. The van der Waals surface area contributed by atoms with Crippen LogP contribution in [0.25, 0.3) is 0 Å².